The highest BCUT2D eigenvalue weighted by Crippen LogP contribution is 2.35. The van der Waals surface area contributed by atoms with E-state index in [1.807, 2.05) is 6.07 Å². The molecule has 0 radical (unpaired) electrons. The molecule has 1 heterocycles. The number of aryl methyl sites for hydroxylation is 2. The molecule has 0 N–H and O–H groups in total. The first-order valence-corrected chi connectivity index (χ1v) is 5.50. The molecule has 0 unspecified atom stereocenters. The van der Waals surface area contributed by atoms with E-state index >= 15 is 0 Å². The topological polar surface area (TPSA) is 94.0 Å². The molecule has 2 rings (SSSR count). The molecule has 0 atom stereocenters. The Labute approximate surface area is 113 Å². The summed E-state index contributed by atoms with van der Waals surface area (Å²) < 4.78 is 20.2. The van der Waals surface area contributed by atoms with Crippen molar-refractivity contribution in [2.45, 2.75) is 6.92 Å². The van der Waals surface area contributed by atoms with E-state index in [2.05, 4.69) is 5.10 Å². The first-order chi connectivity index (χ1) is 9.45. The van der Waals surface area contributed by atoms with Crippen LogP contribution in [0.4, 0.5) is 10.1 Å². The number of nitriles is 1. The number of hydrogen-bond donors (Lipinski definition) is 0. The number of halogens is 1. The zero-order chi connectivity index (χ0) is 14.9. The van der Waals surface area contributed by atoms with E-state index < -0.39 is 22.2 Å². The minimum Gasteiger partial charge on any atom is -0.427 e. The predicted octanol–water partition coefficient (Wildman–Crippen LogP) is 2.44. The third-order valence-corrected chi connectivity index (χ3v) is 2.62. The van der Waals surface area contributed by atoms with Gasteiger partial charge in [-0.1, -0.05) is 6.07 Å². The van der Waals surface area contributed by atoms with Gasteiger partial charge in [0, 0.05) is 13.1 Å². The second kappa shape index (κ2) is 4.97. The van der Waals surface area contributed by atoms with Gasteiger partial charge in [-0.2, -0.15) is 10.4 Å². The van der Waals surface area contributed by atoms with Crippen molar-refractivity contribution in [3.05, 3.63) is 45.4 Å². The largest absolute Gasteiger partial charge is 0.427 e. The van der Waals surface area contributed by atoms with Crippen LogP contribution in [-0.2, 0) is 7.05 Å². The third kappa shape index (κ3) is 2.16. The molecule has 7 nitrogen and oxygen atoms in total. The molecule has 2 aromatic rings. The van der Waals surface area contributed by atoms with E-state index in [1.165, 1.54) is 17.8 Å². The van der Waals surface area contributed by atoms with Crippen LogP contribution in [0.15, 0.2) is 18.2 Å². The molecule has 102 valence electrons. The zero-order valence-electron chi connectivity index (χ0n) is 10.6. The van der Waals surface area contributed by atoms with E-state index in [4.69, 9.17) is 10.00 Å². The minimum atomic E-state index is -0.887. The van der Waals surface area contributed by atoms with E-state index in [9.17, 15) is 14.5 Å². The van der Waals surface area contributed by atoms with Gasteiger partial charge in [-0.05, 0) is 13.0 Å². The third-order valence-electron chi connectivity index (χ3n) is 2.62. The summed E-state index contributed by atoms with van der Waals surface area (Å²) in [7, 11) is 1.50. The normalized spacial score (nSPS) is 10.1. The van der Waals surface area contributed by atoms with Gasteiger partial charge in [0.25, 0.3) is 0 Å². The van der Waals surface area contributed by atoms with Crippen LogP contribution in [0.5, 0.6) is 11.6 Å². The lowest BCUT2D eigenvalue weighted by atomic mass is 10.2. The SMILES string of the molecule is Cc1nn(C)c(Oc2c(F)cccc2[N+](=O)[O-])c1C#N. The number of nitrogens with zero attached hydrogens (tertiary/aromatic N) is 4. The van der Waals surface area contributed by atoms with Gasteiger partial charge in [0.05, 0.1) is 10.6 Å². The number of para-hydroxylation sites is 1. The van der Waals surface area contributed by atoms with Crippen molar-refractivity contribution in [1.29, 1.82) is 5.26 Å². The molecule has 0 fully saturated rings. The van der Waals surface area contributed by atoms with Crippen molar-refractivity contribution in [3.63, 3.8) is 0 Å². The molecular formula is C12H9FN4O3. The fourth-order valence-corrected chi connectivity index (χ4v) is 1.72. The van der Waals surface area contributed by atoms with Crippen molar-refractivity contribution >= 4 is 5.69 Å². The fraction of sp³-hybridized carbons (Fsp3) is 0.167. The number of hydrogen-bond acceptors (Lipinski definition) is 5. The summed E-state index contributed by atoms with van der Waals surface area (Å²) in [6, 6.07) is 5.24. The zero-order valence-corrected chi connectivity index (χ0v) is 10.6. The molecule has 0 aliphatic heterocycles. The van der Waals surface area contributed by atoms with Crippen LogP contribution in [-0.4, -0.2) is 14.7 Å². The van der Waals surface area contributed by atoms with Crippen molar-refractivity contribution in [1.82, 2.24) is 9.78 Å². The lowest BCUT2D eigenvalue weighted by Crippen LogP contribution is -2.00. The number of aromatic nitrogens is 2. The first-order valence-electron chi connectivity index (χ1n) is 5.50. The second-order valence-electron chi connectivity index (χ2n) is 3.95. The van der Waals surface area contributed by atoms with Crippen molar-refractivity contribution in [2.75, 3.05) is 0 Å². The van der Waals surface area contributed by atoms with E-state index in [1.54, 1.807) is 6.92 Å². The van der Waals surface area contributed by atoms with Crippen molar-refractivity contribution < 1.29 is 14.1 Å². The Kier molecular flexibility index (Phi) is 3.35. The Morgan fingerprint density at radius 3 is 2.85 bits per heavy atom. The van der Waals surface area contributed by atoms with Gasteiger partial charge >= 0.3 is 5.69 Å². The van der Waals surface area contributed by atoms with Crippen LogP contribution in [0.3, 0.4) is 0 Å². The number of benzene rings is 1. The highest BCUT2D eigenvalue weighted by atomic mass is 19.1. The molecule has 8 heteroatoms. The fourth-order valence-electron chi connectivity index (χ4n) is 1.72. The van der Waals surface area contributed by atoms with Crippen LogP contribution in [0.1, 0.15) is 11.3 Å². The van der Waals surface area contributed by atoms with E-state index in [-0.39, 0.29) is 11.4 Å². The summed E-state index contributed by atoms with van der Waals surface area (Å²) in [5, 5.41) is 23.9. The number of nitro groups is 1. The summed E-state index contributed by atoms with van der Waals surface area (Å²) >= 11 is 0. The molecule has 0 bridgehead atoms. The maximum absolute atomic E-state index is 13.7. The summed E-state index contributed by atoms with van der Waals surface area (Å²) in [6.45, 7) is 1.58. The summed E-state index contributed by atoms with van der Waals surface area (Å²) in [5.74, 6) is -1.47. The monoisotopic (exact) mass is 276 g/mol. The van der Waals surface area contributed by atoms with Gasteiger partial charge in [-0.3, -0.25) is 10.1 Å². The first kappa shape index (κ1) is 13.5. The highest BCUT2D eigenvalue weighted by Gasteiger charge is 2.24. The van der Waals surface area contributed by atoms with Crippen molar-refractivity contribution in [2.24, 2.45) is 7.05 Å². The predicted molar refractivity (Wildman–Crippen MR) is 65.8 cm³/mol. The molecular weight excluding hydrogens is 267 g/mol. The molecule has 1 aromatic carbocycles. The smallest absolute Gasteiger partial charge is 0.314 e. The average Bonchev–Trinajstić information content (AvgIpc) is 2.65. The van der Waals surface area contributed by atoms with Gasteiger partial charge in [0.2, 0.25) is 11.6 Å². The minimum absolute atomic E-state index is 0.0433. The Bertz CT molecular complexity index is 733. The molecule has 1 aromatic heterocycles. The lowest BCUT2D eigenvalue weighted by Gasteiger charge is -2.07. The van der Waals surface area contributed by atoms with Gasteiger partial charge in [-0.25, -0.2) is 9.07 Å². The van der Waals surface area contributed by atoms with Gasteiger partial charge in [0.1, 0.15) is 11.6 Å². The van der Waals surface area contributed by atoms with Crippen LogP contribution in [0, 0.1) is 34.2 Å². The van der Waals surface area contributed by atoms with Crippen LogP contribution in [0.2, 0.25) is 0 Å². The average molecular weight is 276 g/mol. The summed E-state index contributed by atoms with van der Waals surface area (Å²) in [4.78, 5) is 10.1. The molecule has 0 amide bonds. The number of rotatable bonds is 3. The molecule has 0 saturated heterocycles. The molecule has 0 aliphatic carbocycles. The maximum atomic E-state index is 13.7. The van der Waals surface area contributed by atoms with Crippen LogP contribution >= 0.6 is 0 Å². The van der Waals surface area contributed by atoms with Crippen molar-refractivity contribution in [3.8, 4) is 17.7 Å². The number of ether oxygens (including phenoxy) is 1. The highest BCUT2D eigenvalue weighted by molar-refractivity contribution is 5.51. The number of nitro benzene ring substituents is 1. The van der Waals surface area contributed by atoms with E-state index in [0.29, 0.717) is 5.69 Å². The van der Waals surface area contributed by atoms with Gasteiger partial charge < -0.3 is 4.74 Å². The molecule has 0 saturated carbocycles. The van der Waals surface area contributed by atoms with Crippen LogP contribution < -0.4 is 4.74 Å². The summed E-state index contributed by atoms with van der Waals surface area (Å²) in [6.07, 6.45) is 0. The molecule has 0 spiro atoms. The van der Waals surface area contributed by atoms with Crippen LogP contribution in [0.25, 0.3) is 0 Å². The summed E-state index contributed by atoms with van der Waals surface area (Å²) in [5.41, 5.74) is -0.0261. The van der Waals surface area contributed by atoms with Gasteiger partial charge in [-0.15, -0.1) is 0 Å². The molecule has 20 heavy (non-hydrogen) atoms. The quantitative estimate of drug-likeness (QED) is 0.633. The Balaban J connectivity index is 2.57. The Morgan fingerprint density at radius 2 is 2.25 bits per heavy atom. The van der Waals surface area contributed by atoms with Gasteiger partial charge in [0.15, 0.2) is 5.82 Å². The second-order valence-corrected chi connectivity index (χ2v) is 3.95. The molecule has 0 aliphatic rings. The van der Waals surface area contributed by atoms with E-state index in [0.717, 1.165) is 12.1 Å². The Hall–Kier alpha value is -2.95. The maximum Gasteiger partial charge on any atom is 0.314 e. The standard InChI is InChI=1S/C12H9FN4O3/c1-7-8(6-14)12(16(2)15-7)20-11-9(13)4-3-5-10(11)17(18)19/h3-5H,1-2H3. The Morgan fingerprint density at radius 1 is 1.55 bits per heavy atom. The lowest BCUT2D eigenvalue weighted by molar-refractivity contribution is -0.385.